The van der Waals surface area contributed by atoms with Crippen LogP contribution in [0.25, 0.3) is 0 Å². The lowest BCUT2D eigenvalue weighted by atomic mass is 9.49. The second-order valence-corrected chi connectivity index (χ2v) is 13.2. The number of primary amides is 1. The van der Waals surface area contributed by atoms with Crippen LogP contribution >= 0.6 is 23.2 Å². The van der Waals surface area contributed by atoms with E-state index in [2.05, 4.69) is 10.4 Å². The van der Waals surface area contributed by atoms with E-state index in [1.54, 1.807) is 42.5 Å². The number of nitrogens with zero attached hydrogens (tertiary/aromatic N) is 3. The summed E-state index contributed by atoms with van der Waals surface area (Å²) in [4.78, 5) is 72.7. The molecular weight excluding hydrogens is 690 g/mol. The number of amides is 6. The molecule has 6 unspecified atom stereocenters. The number of aromatic nitrogens is 1. The van der Waals surface area contributed by atoms with E-state index >= 15 is 4.79 Å². The molecule has 7 rings (SSSR count). The smallest absolute Gasteiger partial charge is 0.417 e. The van der Waals surface area contributed by atoms with Crippen molar-refractivity contribution in [1.82, 2.24) is 14.9 Å². The van der Waals surface area contributed by atoms with Gasteiger partial charge in [0.05, 0.1) is 33.8 Å². The average Bonchev–Trinajstić information content (AvgIpc) is 3.43. The number of hydrogen-bond acceptors (Lipinski definition) is 8. The first-order valence-electron chi connectivity index (χ1n) is 15.0. The minimum atomic E-state index is -4.76. The van der Waals surface area contributed by atoms with Gasteiger partial charge in [0.25, 0.3) is 11.8 Å². The predicted molar refractivity (Wildman–Crippen MR) is 166 cm³/mol. The fraction of sp³-hybridized carbons (Fsp3) is 0.273. The van der Waals surface area contributed by atoms with E-state index in [4.69, 9.17) is 28.9 Å². The van der Waals surface area contributed by atoms with Gasteiger partial charge in [-0.2, -0.15) is 23.1 Å². The molecule has 0 spiro atoms. The SMILES string of the molecule is NC(=O)N1C(=O)C2CC=C3C(CC4C(=O)N(Nc5ncc(C(F)(F)F)cc5Cl)C(=O)C4(c4ccc(Cl)cc4)C3c3ccc(O)cc3)C2C1=O. The van der Waals surface area contributed by atoms with Crippen LogP contribution < -0.4 is 11.2 Å². The minimum absolute atomic E-state index is 0.0377. The normalized spacial score (nSPS) is 27.9. The third-order valence-corrected chi connectivity index (χ3v) is 10.5. The number of urea groups is 1. The topological polar surface area (TPSA) is 163 Å². The lowest BCUT2D eigenvalue weighted by molar-refractivity contribution is -0.140. The molecule has 3 heterocycles. The number of hydrazine groups is 1. The highest BCUT2D eigenvalue weighted by atomic mass is 35.5. The molecular formula is C33H24Cl2F3N5O6. The van der Waals surface area contributed by atoms with E-state index in [0.29, 0.717) is 43.9 Å². The maximum atomic E-state index is 15.0. The van der Waals surface area contributed by atoms with Crippen LogP contribution in [0.5, 0.6) is 5.75 Å². The lowest BCUT2D eigenvalue weighted by Gasteiger charge is -2.50. The number of benzene rings is 2. The highest BCUT2D eigenvalue weighted by Crippen LogP contribution is 2.64. The Morgan fingerprint density at radius 1 is 0.980 bits per heavy atom. The number of fused-ring (bicyclic) bond motifs is 4. The van der Waals surface area contributed by atoms with Gasteiger partial charge in [0, 0.05) is 17.1 Å². The zero-order valence-electron chi connectivity index (χ0n) is 24.9. The Hall–Kier alpha value is -4.95. The molecule has 2 saturated heterocycles. The van der Waals surface area contributed by atoms with E-state index in [1.165, 1.54) is 12.1 Å². The highest BCUT2D eigenvalue weighted by molar-refractivity contribution is 6.33. The number of alkyl halides is 3. The molecule has 0 radical (unpaired) electrons. The van der Waals surface area contributed by atoms with Crippen LogP contribution in [0.15, 0.2) is 72.4 Å². The standard InChI is InChI=1S/C33H24Cl2F3N5O6/c34-17-5-3-15(4-6-17)32-22(28(46)43(30(32)48)41-26-23(35)11-16(13-40-26)33(36,37)38)12-21-19(25(32)14-1-7-18(44)8-2-14)9-10-20-24(21)29(47)42(27(20)45)31(39)49/h1-9,11,13,20-22,24-25,44H,10,12H2,(H2,39,49)(H,40,41). The molecule has 16 heteroatoms. The number of anilines is 1. The number of carbonyl (C=O) groups is 5. The molecule has 49 heavy (non-hydrogen) atoms. The number of halogens is 5. The summed E-state index contributed by atoms with van der Waals surface area (Å²) in [6, 6.07) is 11.6. The highest BCUT2D eigenvalue weighted by Gasteiger charge is 2.70. The predicted octanol–water partition coefficient (Wildman–Crippen LogP) is 5.18. The van der Waals surface area contributed by atoms with Crippen LogP contribution in [-0.4, -0.2) is 49.7 Å². The minimum Gasteiger partial charge on any atom is -0.508 e. The van der Waals surface area contributed by atoms with Crippen molar-refractivity contribution in [2.24, 2.45) is 29.4 Å². The largest absolute Gasteiger partial charge is 0.508 e. The first kappa shape index (κ1) is 32.6. The maximum Gasteiger partial charge on any atom is 0.417 e. The molecule has 252 valence electrons. The van der Waals surface area contributed by atoms with Crippen LogP contribution in [0.3, 0.4) is 0 Å². The zero-order chi connectivity index (χ0) is 35.2. The van der Waals surface area contributed by atoms with Crippen molar-refractivity contribution in [1.29, 1.82) is 0 Å². The van der Waals surface area contributed by atoms with Crippen molar-refractivity contribution in [3.63, 3.8) is 0 Å². The summed E-state index contributed by atoms with van der Waals surface area (Å²) in [7, 11) is 0. The third-order valence-electron chi connectivity index (χ3n) is 10.0. The number of carbonyl (C=O) groups excluding carboxylic acids is 5. The first-order valence-corrected chi connectivity index (χ1v) is 15.7. The zero-order valence-corrected chi connectivity index (χ0v) is 26.5. The van der Waals surface area contributed by atoms with Gasteiger partial charge in [-0.15, -0.1) is 0 Å². The van der Waals surface area contributed by atoms with Gasteiger partial charge in [-0.25, -0.2) is 9.78 Å². The number of hydrogen-bond donors (Lipinski definition) is 3. The Morgan fingerprint density at radius 3 is 2.27 bits per heavy atom. The van der Waals surface area contributed by atoms with E-state index < -0.39 is 87.2 Å². The van der Waals surface area contributed by atoms with Gasteiger partial charge >= 0.3 is 12.2 Å². The molecule has 2 aliphatic heterocycles. The number of nitrogens with two attached hydrogens (primary N) is 1. The van der Waals surface area contributed by atoms with Gasteiger partial charge in [-0.3, -0.25) is 24.6 Å². The van der Waals surface area contributed by atoms with Crippen LogP contribution in [0.1, 0.15) is 35.4 Å². The summed E-state index contributed by atoms with van der Waals surface area (Å²) < 4.78 is 40.0. The summed E-state index contributed by atoms with van der Waals surface area (Å²) in [5.74, 6) is -8.67. The number of likely N-dealkylation sites (tertiary alicyclic amines) is 1. The molecule has 3 fully saturated rings. The fourth-order valence-corrected chi connectivity index (χ4v) is 8.38. The van der Waals surface area contributed by atoms with E-state index in [9.17, 15) is 37.5 Å². The Balaban J connectivity index is 1.43. The molecule has 3 aromatic rings. The monoisotopic (exact) mass is 713 g/mol. The summed E-state index contributed by atoms with van der Waals surface area (Å²) in [5.41, 5.74) is 6.46. The summed E-state index contributed by atoms with van der Waals surface area (Å²) in [6.45, 7) is 0. The van der Waals surface area contributed by atoms with Gasteiger partial charge in [0.1, 0.15) is 5.75 Å². The van der Waals surface area contributed by atoms with E-state index in [-0.39, 0.29) is 18.6 Å². The van der Waals surface area contributed by atoms with Crippen molar-refractivity contribution in [2.45, 2.75) is 30.4 Å². The van der Waals surface area contributed by atoms with Crippen LogP contribution in [0, 0.1) is 23.7 Å². The number of rotatable bonds is 4. The van der Waals surface area contributed by atoms with Crippen LogP contribution in [-0.2, 0) is 30.8 Å². The van der Waals surface area contributed by atoms with Crippen LogP contribution in [0.2, 0.25) is 10.0 Å². The third kappa shape index (κ3) is 4.79. The van der Waals surface area contributed by atoms with Crippen molar-refractivity contribution in [3.8, 4) is 5.75 Å². The summed E-state index contributed by atoms with van der Waals surface area (Å²) >= 11 is 12.4. The van der Waals surface area contributed by atoms with Gasteiger partial charge in [-0.1, -0.05) is 59.1 Å². The summed E-state index contributed by atoms with van der Waals surface area (Å²) in [5, 5.41) is 10.6. The molecule has 11 nitrogen and oxygen atoms in total. The number of imide groups is 4. The molecule has 4 N–H and O–H groups in total. The number of pyridine rings is 1. The Labute approximate surface area is 285 Å². The molecule has 2 aliphatic carbocycles. The Bertz CT molecular complexity index is 1990. The van der Waals surface area contributed by atoms with Crippen molar-refractivity contribution >= 4 is 58.7 Å². The molecule has 1 saturated carbocycles. The van der Waals surface area contributed by atoms with Crippen molar-refractivity contribution in [3.05, 3.63) is 99.2 Å². The summed E-state index contributed by atoms with van der Waals surface area (Å²) in [6.07, 6.45) is -2.60. The second-order valence-electron chi connectivity index (χ2n) is 12.4. The molecule has 6 amide bonds. The van der Waals surface area contributed by atoms with E-state index in [0.717, 1.165) is 0 Å². The van der Waals surface area contributed by atoms with Gasteiger partial charge in [-0.05, 0) is 60.2 Å². The number of phenols is 1. The van der Waals surface area contributed by atoms with Gasteiger partial charge in [0.15, 0.2) is 5.82 Å². The molecule has 2 aromatic carbocycles. The number of phenolic OH excluding ortho intramolecular Hbond substituents is 1. The Morgan fingerprint density at radius 2 is 1.65 bits per heavy atom. The van der Waals surface area contributed by atoms with Crippen molar-refractivity contribution < 1.29 is 42.3 Å². The molecule has 0 bridgehead atoms. The Kier molecular flexibility index (Phi) is 7.52. The van der Waals surface area contributed by atoms with E-state index in [1.807, 2.05) is 0 Å². The van der Waals surface area contributed by atoms with Gasteiger partial charge in [0.2, 0.25) is 11.8 Å². The fourth-order valence-electron chi connectivity index (χ4n) is 8.04. The first-order chi connectivity index (χ1) is 23.2. The average molecular weight is 714 g/mol. The quantitative estimate of drug-likeness (QED) is 0.246. The molecule has 4 aliphatic rings. The van der Waals surface area contributed by atoms with Crippen LogP contribution in [0.4, 0.5) is 23.8 Å². The molecule has 6 atom stereocenters. The number of nitrogens with one attached hydrogen (secondary N) is 1. The second kappa shape index (κ2) is 11.3. The lowest BCUT2D eigenvalue weighted by Crippen LogP contribution is -2.53. The number of allylic oxidation sites excluding steroid dienone is 2. The molecule has 1 aromatic heterocycles. The maximum absolute atomic E-state index is 15.0. The van der Waals surface area contributed by atoms with Gasteiger partial charge < -0.3 is 10.8 Å². The van der Waals surface area contributed by atoms with Crippen molar-refractivity contribution in [2.75, 3.05) is 5.43 Å². The number of aromatic hydroxyl groups is 1.